The van der Waals surface area contributed by atoms with Crippen LogP contribution >= 0.6 is 0 Å². The van der Waals surface area contributed by atoms with Crippen LogP contribution in [0.25, 0.3) is 0 Å². The molecule has 0 atom stereocenters. The lowest BCUT2D eigenvalue weighted by Gasteiger charge is -2.02. The molecule has 0 saturated carbocycles. The predicted octanol–water partition coefficient (Wildman–Crippen LogP) is -0.529. The Kier molecular flexibility index (Phi) is 3.59. The maximum absolute atomic E-state index is 10.2. The van der Waals surface area contributed by atoms with Gasteiger partial charge in [0.25, 0.3) is 10.1 Å². The summed E-state index contributed by atoms with van der Waals surface area (Å²) in [5.41, 5.74) is 0. The van der Waals surface area contributed by atoms with Crippen molar-refractivity contribution in [2.75, 3.05) is 12.2 Å². The van der Waals surface area contributed by atoms with Crippen LogP contribution in [0.2, 0.25) is 0 Å². The molecule has 0 aromatic carbocycles. The molecule has 0 unspecified atom stereocenters. The van der Waals surface area contributed by atoms with Gasteiger partial charge in [-0.15, -0.1) is 0 Å². The Bertz CT molecular complexity index is 283. The maximum Gasteiger partial charge on any atom is 0.277 e. The lowest BCUT2D eigenvalue weighted by molar-refractivity contribution is 0.474. The van der Waals surface area contributed by atoms with E-state index in [0.717, 1.165) is 0 Å². The third-order valence-corrected chi connectivity index (χ3v) is 5.95. The Morgan fingerprint density at radius 3 is 2.00 bits per heavy atom. The van der Waals surface area contributed by atoms with E-state index in [9.17, 15) is 8.42 Å². The zero-order valence-electron chi connectivity index (χ0n) is 5.01. The average Bonchev–Trinajstić information content (AvgIpc) is 1.60. The summed E-state index contributed by atoms with van der Waals surface area (Å²) in [5, 5.41) is -0.666. The van der Waals surface area contributed by atoms with E-state index in [0.29, 0.717) is 0 Å². The molecule has 0 saturated heterocycles. The molecule has 0 spiro atoms. The van der Waals surface area contributed by atoms with Gasteiger partial charge in [-0.3, -0.25) is 4.55 Å². The Hall–Kier alpha value is 0.660. The smallest absolute Gasteiger partial charge is 0.277 e. The second-order valence-corrected chi connectivity index (χ2v) is 8.84. The summed E-state index contributed by atoms with van der Waals surface area (Å²) in [6.45, 7) is 0. The molecule has 1 N–H and O–H groups in total. The SMILES string of the molecule is COS(=S)(=S)CS(=O)(=O)O. The Morgan fingerprint density at radius 2 is 1.90 bits per heavy atom. The summed E-state index contributed by atoms with van der Waals surface area (Å²) in [6, 6.07) is 0. The second kappa shape index (κ2) is 3.37. The highest BCUT2D eigenvalue weighted by atomic mass is 33.1. The Balaban J connectivity index is 4.49. The lowest BCUT2D eigenvalue weighted by atomic mass is 11.8. The molecule has 0 aliphatic carbocycles. The van der Waals surface area contributed by atoms with E-state index in [4.69, 9.17) is 4.55 Å². The molecule has 0 bridgehead atoms. The summed E-state index contributed by atoms with van der Waals surface area (Å²) in [4.78, 5) is 0. The van der Waals surface area contributed by atoms with Gasteiger partial charge in [0.1, 0.15) is 0 Å². The Morgan fingerprint density at radius 1 is 1.50 bits per heavy atom. The van der Waals surface area contributed by atoms with E-state index < -0.39 is 22.6 Å². The van der Waals surface area contributed by atoms with Crippen LogP contribution in [0.15, 0.2) is 0 Å². The highest BCUT2D eigenvalue weighted by Crippen LogP contribution is 1.96. The minimum Gasteiger partial charge on any atom is -0.312 e. The van der Waals surface area contributed by atoms with E-state index in [-0.39, 0.29) is 0 Å². The van der Waals surface area contributed by atoms with Gasteiger partial charge in [0.05, 0.1) is 7.11 Å². The molecule has 0 aromatic rings. The van der Waals surface area contributed by atoms with E-state index in [1.165, 1.54) is 7.11 Å². The Labute approximate surface area is 69.3 Å². The van der Waals surface area contributed by atoms with Crippen LogP contribution in [0.3, 0.4) is 0 Å². The van der Waals surface area contributed by atoms with Crippen molar-refractivity contribution in [3.8, 4) is 0 Å². The van der Waals surface area contributed by atoms with Crippen molar-refractivity contribution in [2.24, 2.45) is 0 Å². The topological polar surface area (TPSA) is 63.6 Å². The summed E-state index contributed by atoms with van der Waals surface area (Å²) in [5.74, 6) is 0. The normalized spacial score (nSPS) is 13.4. The van der Waals surface area contributed by atoms with Crippen LogP contribution in [0.4, 0.5) is 0 Å². The molecule has 0 aliphatic rings. The van der Waals surface area contributed by atoms with Crippen molar-refractivity contribution < 1.29 is 17.2 Å². The van der Waals surface area contributed by atoms with Gasteiger partial charge in [-0.25, -0.2) is 0 Å². The third kappa shape index (κ3) is 5.45. The lowest BCUT2D eigenvalue weighted by Crippen LogP contribution is -2.14. The molecular formula is C2H6O4S4. The highest BCUT2D eigenvalue weighted by Gasteiger charge is 2.11. The number of rotatable bonds is 3. The largest absolute Gasteiger partial charge is 0.312 e. The molecule has 4 nitrogen and oxygen atoms in total. The van der Waals surface area contributed by atoms with E-state index in [1.807, 2.05) is 0 Å². The van der Waals surface area contributed by atoms with Crippen LogP contribution in [-0.4, -0.2) is 25.2 Å². The van der Waals surface area contributed by atoms with Crippen LogP contribution in [0.5, 0.6) is 0 Å². The minimum atomic E-state index is -4.09. The monoisotopic (exact) mass is 222 g/mol. The number of hydrogen-bond donors (Lipinski definition) is 1. The molecule has 0 aliphatic heterocycles. The first kappa shape index (κ1) is 10.7. The quantitative estimate of drug-likeness (QED) is 0.648. The molecule has 0 fully saturated rings. The van der Waals surface area contributed by atoms with Crippen molar-refractivity contribution in [1.29, 1.82) is 0 Å². The molecule has 0 amide bonds. The summed E-state index contributed by atoms with van der Waals surface area (Å²) in [6.07, 6.45) is 0. The number of hydrogen-bond acceptors (Lipinski definition) is 5. The van der Waals surface area contributed by atoms with Crippen LogP contribution < -0.4 is 0 Å². The molecular weight excluding hydrogens is 216 g/mol. The van der Waals surface area contributed by atoms with E-state index >= 15 is 0 Å². The van der Waals surface area contributed by atoms with Gasteiger partial charge in [0.2, 0.25) is 0 Å². The predicted molar refractivity (Wildman–Crippen MR) is 45.5 cm³/mol. The molecule has 10 heavy (non-hydrogen) atoms. The van der Waals surface area contributed by atoms with Gasteiger partial charge in [0, 0.05) is 7.43 Å². The van der Waals surface area contributed by atoms with Gasteiger partial charge in [-0.05, 0) is 22.4 Å². The van der Waals surface area contributed by atoms with Crippen molar-refractivity contribution in [1.82, 2.24) is 0 Å². The van der Waals surface area contributed by atoms with Crippen molar-refractivity contribution in [3.63, 3.8) is 0 Å². The molecule has 62 valence electrons. The first-order valence-corrected chi connectivity index (χ1v) is 7.19. The van der Waals surface area contributed by atoms with Gasteiger partial charge >= 0.3 is 0 Å². The van der Waals surface area contributed by atoms with Gasteiger partial charge in [-0.1, -0.05) is 0 Å². The fourth-order valence-corrected chi connectivity index (χ4v) is 4.26. The summed E-state index contributed by atoms with van der Waals surface area (Å²) < 4.78 is 33.1. The zero-order chi connectivity index (χ0) is 8.41. The van der Waals surface area contributed by atoms with Crippen molar-refractivity contribution in [2.45, 2.75) is 0 Å². The van der Waals surface area contributed by atoms with Crippen LogP contribution in [-0.2, 0) is 44.1 Å². The molecule has 8 heteroatoms. The average molecular weight is 222 g/mol. The second-order valence-electron chi connectivity index (χ2n) is 1.42. The summed E-state index contributed by atoms with van der Waals surface area (Å²) >= 11 is 9.06. The minimum absolute atomic E-state index is 0.666. The van der Waals surface area contributed by atoms with Crippen LogP contribution in [0.1, 0.15) is 0 Å². The molecule has 0 rings (SSSR count). The zero-order valence-corrected chi connectivity index (χ0v) is 8.28. The highest BCUT2D eigenvalue weighted by molar-refractivity contribution is 8.56. The maximum atomic E-state index is 10.2. The fraction of sp³-hybridized carbons (Fsp3) is 1.00. The first-order valence-electron chi connectivity index (χ1n) is 2.00. The first-order chi connectivity index (χ1) is 4.27. The molecule has 0 radical (unpaired) electrons. The van der Waals surface area contributed by atoms with Crippen LogP contribution in [0, 0.1) is 0 Å². The van der Waals surface area contributed by atoms with E-state index in [2.05, 4.69) is 26.6 Å². The molecule has 0 aromatic heterocycles. The van der Waals surface area contributed by atoms with E-state index in [1.54, 1.807) is 0 Å². The molecule has 0 heterocycles. The van der Waals surface area contributed by atoms with Crippen molar-refractivity contribution >= 4 is 39.9 Å². The van der Waals surface area contributed by atoms with Gasteiger partial charge in [0.15, 0.2) is 5.08 Å². The standard InChI is InChI=1S/C2H6O4S4/c1-6-10(7,8)2-9(3,4)5/h2H2,1H3,(H,3,4,5). The summed E-state index contributed by atoms with van der Waals surface area (Å²) in [7, 11) is -5.32. The van der Waals surface area contributed by atoms with Gasteiger partial charge in [-0.2, -0.15) is 8.42 Å². The van der Waals surface area contributed by atoms with Gasteiger partial charge < -0.3 is 4.18 Å². The third-order valence-electron chi connectivity index (χ3n) is 0.547. The van der Waals surface area contributed by atoms with Crippen molar-refractivity contribution in [3.05, 3.63) is 0 Å². The fourth-order valence-electron chi connectivity index (χ4n) is 0.231.